The fraction of sp³-hybridized carbons (Fsp3) is 0.421. The van der Waals surface area contributed by atoms with Gasteiger partial charge in [0.25, 0.3) is 0 Å². The largest absolute Gasteiger partial charge is 0.463 e. The number of carbonyl (C=O) groups is 1. The van der Waals surface area contributed by atoms with Crippen LogP contribution in [-0.2, 0) is 22.4 Å². The van der Waals surface area contributed by atoms with Crippen LogP contribution in [0.3, 0.4) is 0 Å². The predicted molar refractivity (Wildman–Crippen MR) is 265 cm³/mol. The molecule has 0 unspecified atom stereocenters. The van der Waals surface area contributed by atoms with Gasteiger partial charge in [-0.2, -0.15) is 20.5 Å². The molecule has 1 saturated heterocycles. The molecule has 1 aliphatic heterocycles. The smallest absolute Gasteiger partial charge is 0.330 e. The maximum absolute atomic E-state index is 11.1. The normalized spacial score (nSPS) is 16.5. The first-order valence-corrected chi connectivity index (χ1v) is 24.4. The fourth-order valence-electron chi connectivity index (χ4n) is 9.33. The second-order valence-corrected chi connectivity index (χ2v) is 18.0. The Hall–Kier alpha value is -5.69. The number of rotatable bonds is 24. The van der Waals surface area contributed by atoms with Gasteiger partial charge >= 0.3 is 5.97 Å². The SMILES string of the molecule is C=CC(=O)OCCCCCCC1CCC(c2ccc(-c3ccc(CCCCCCCCc4ccc(N=Nc5ccc(N=Nc6ccc(N7CCCC7)cc6)cc5)cc4)cc3)cc2)CC1. The molecule has 64 heavy (non-hydrogen) atoms. The standard InChI is InChI=1S/C57H69N5O2/c1-2-57(63)64-44-14-8-7-11-16-46-20-26-49(27-21-46)51-30-28-50(29-31-51)48-24-18-45(19-25-48)15-9-5-3-4-6-10-17-47-22-32-52(33-23-47)58-59-53-34-36-54(37-35-53)60-61-55-38-40-56(41-39-55)62-42-12-13-43-62/h2,18-19,22-25,28-41,46,49H,1,3-17,20-21,26-27,42-44H2. The molecule has 0 N–H and O–H groups in total. The first-order valence-electron chi connectivity index (χ1n) is 24.4. The molecule has 5 aromatic carbocycles. The Morgan fingerprint density at radius 2 is 0.969 bits per heavy atom. The number of aryl methyl sites for hydroxylation is 2. The van der Waals surface area contributed by atoms with Crippen LogP contribution in [0.25, 0.3) is 11.1 Å². The molecule has 0 spiro atoms. The van der Waals surface area contributed by atoms with Crippen LogP contribution >= 0.6 is 0 Å². The van der Waals surface area contributed by atoms with Gasteiger partial charge in [0.05, 0.1) is 29.4 Å². The minimum atomic E-state index is -0.313. The maximum Gasteiger partial charge on any atom is 0.330 e. The minimum Gasteiger partial charge on any atom is -0.463 e. The van der Waals surface area contributed by atoms with E-state index < -0.39 is 0 Å². The zero-order valence-electron chi connectivity index (χ0n) is 38.1. The number of carbonyl (C=O) groups excluding carboxylic acids is 1. The molecule has 7 heteroatoms. The van der Waals surface area contributed by atoms with E-state index in [1.165, 1.54) is 136 Å². The Bertz CT molecular complexity index is 2180. The maximum atomic E-state index is 11.1. The topological polar surface area (TPSA) is 79.0 Å². The number of azo groups is 2. The lowest BCUT2D eigenvalue weighted by atomic mass is 9.77. The second-order valence-electron chi connectivity index (χ2n) is 18.0. The molecule has 1 heterocycles. The molecule has 1 saturated carbocycles. The molecule has 7 nitrogen and oxygen atoms in total. The Balaban J connectivity index is 0.711. The van der Waals surface area contributed by atoms with Crippen molar-refractivity contribution in [2.24, 2.45) is 26.4 Å². The average Bonchev–Trinajstić information content (AvgIpc) is 3.90. The summed E-state index contributed by atoms with van der Waals surface area (Å²) in [5.41, 5.74) is 11.5. The highest BCUT2D eigenvalue weighted by atomic mass is 16.5. The molecule has 334 valence electrons. The summed E-state index contributed by atoms with van der Waals surface area (Å²) >= 11 is 0. The lowest BCUT2D eigenvalue weighted by Gasteiger charge is -2.29. The molecule has 0 radical (unpaired) electrons. The van der Waals surface area contributed by atoms with E-state index in [1.54, 1.807) is 0 Å². The molecule has 0 amide bonds. The summed E-state index contributed by atoms with van der Waals surface area (Å²) < 4.78 is 5.08. The molecule has 0 aromatic heterocycles. The van der Waals surface area contributed by atoms with Crippen molar-refractivity contribution in [2.75, 3.05) is 24.6 Å². The van der Waals surface area contributed by atoms with Gasteiger partial charge in [0.15, 0.2) is 0 Å². The van der Waals surface area contributed by atoms with Crippen molar-refractivity contribution in [3.63, 3.8) is 0 Å². The molecule has 1 aliphatic carbocycles. The Morgan fingerprint density at radius 1 is 0.531 bits per heavy atom. The first kappa shape index (κ1) is 46.3. The van der Waals surface area contributed by atoms with Crippen LogP contribution in [-0.4, -0.2) is 25.7 Å². The minimum absolute atomic E-state index is 0.313. The van der Waals surface area contributed by atoms with Gasteiger partial charge in [-0.15, -0.1) is 0 Å². The molecular formula is C57H69N5O2. The van der Waals surface area contributed by atoms with Crippen LogP contribution < -0.4 is 4.90 Å². The Kier molecular flexibility index (Phi) is 18.5. The quantitative estimate of drug-likeness (QED) is 0.0268. The van der Waals surface area contributed by atoms with Crippen LogP contribution in [0, 0.1) is 5.92 Å². The van der Waals surface area contributed by atoms with Crippen molar-refractivity contribution < 1.29 is 9.53 Å². The summed E-state index contributed by atoms with van der Waals surface area (Å²) in [6.07, 6.45) is 25.0. The number of esters is 1. The van der Waals surface area contributed by atoms with E-state index >= 15 is 0 Å². The van der Waals surface area contributed by atoms with E-state index in [0.717, 1.165) is 67.4 Å². The summed E-state index contributed by atoms with van der Waals surface area (Å²) in [4.78, 5) is 13.6. The Morgan fingerprint density at radius 3 is 1.50 bits per heavy atom. The van der Waals surface area contributed by atoms with Crippen molar-refractivity contribution in [1.82, 2.24) is 0 Å². The van der Waals surface area contributed by atoms with Gasteiger partial charge in [0, 0.05) is 24.9 Å². The van der Waals surface area contributed by atoms with Crippen LogP contribution in [0.2, 0.25) is 0 Å². The zero-order valence-corrected chi connectivity index (χ0v) is 38.1. The van der Waals surface area contributed by atoms with Crippen LogP contribution in [0.1, 0.15) is 132 Å². The van der Waals surface area contributed by atoms with Crippen LogP contribution in [0.4, 0.5) is 28.4 Å². The molecule has 2 aliphatic rings. The van der Waals surface area contributed by atoms with E-state index in [-0.39, 0.29) is 5.97 Å². The summed E-state index contributed by atoms with van der Waals surface area (Å²) in [6, 6.07) is 43.2. The van der Waals surface area contributed by atoms with Crippen molar-refractivity contribution in [1.29, 1.82) is 0 Å². The van der Waals surface area contributed by atoms with Gasteiger partial charge in [-0.25, -0.2) is 4.79 Å². The summed E-state index contributed by atoms with van der Waals surface area (Å²) in [6.45, 7) is 6.24. The van der Waals surface area contributed by atoms with Gasteiger partial charge in [-0.3, -0.25) is 0 Å². The Labute approximate surface area is 383 Å². The highest BCUT2D eigenvalue weighted by molar-refractivity contribution is 5.81. The van der Waals surface area contributed by atoms with E-state index in [0.29, 0.717) is 12.5 Å². The molecule has 7 rings (SSSR count). The zero-order chi connectivity index (χ0) is 44.0. The lowest BCUT2D eigenvalue weighted by Crippen LogP contribution is -2.17. The first-order chi connectivity index (χ1) is 31.6. The molecular weight excluding hydrogens is 787 g/mol. The lowest BCUT2D eigenvalue weighted by molar-refractivity contribution is -0.137. The number of benzene rings is 5. The van der Waals surface area contributed by atoms with Gasteiger partial charge in [-0.1, -0.05) is 119 Å². The molecule has 2 fully saturated rings. The molecule has 0 bridgehead atoms. The van der Waals surface area contributed by atoms with Crippen LogP contribution in [0.5, 0.6) is 0 Å². The van der Waals surface area contributed by atoms with Gasteiger partial charge in [0.2, 0.25) is 0 Å². The predicted octanol–water partition coefficient (Wildman–Crippen LogP) is 16.9. The number of nitrogens with zero attached hydrogens (tertiary/aromatic N) is 5. The number of hydrogen-bond donors (Lipinski definition) is 0. The number of hydrogen-bond acceptors (Lipinski definition) is 7. The third-order valence-electron chi connectivity index (χ3n) is 13.3. The number of ether oxygens (including phenoxy) is 1. The summed E-state index contributed by atoms with van der Waals surface area (Å²) in [5, 5.41) is 17.7. The summed E-state index contributed by atoms with van der Waals surface area (Å²) in [7, 11) is 0. The van der Waals surface area contributed by atoms with E-state index in [9.17, 15) is 4.79 Å². The van der Waals surface area contributed by atoms with Crippen molar-refractivity contribution in [3.05, 3.63) is 151 Å². The number of unbranched alkanes of at least 4 members (excludes halogenated alkanes) is 8. The fourth-order valence-corrected chi connectivity index (χ4v) is 9.33. The third kappa shape index (κ3) is 15.2. The number of anilines is 1. The second kappa shape index (κ2) is 25.6. The van der Waals surface area contributed by atoms with E-state index in [1.807, 2.05) is 36.4 Å². The van der Waals surface area contributed by atoms with E-state index in [4.69, 9.17) is 4.74 Å². The van der Waals surface area contributed by atoms with Crippen molar-refractivity contribution in [2.45, 2.75) is 128 Å². The van der Waals surface area contributed by atoms with Gasteiger partial charge in [-0.05, 0) is 171 Å². The van der Waals surface area contributed by atoms with Gasteiger partial charge in [0.1, 0.15) is 0 Å². The molecule has 0 atom stereocenters. The third-order valence-corrected chi connectivity index (χ3v) is 13.3. The highest BCUT2D eigenvalue weighted by Gasteiger charge is 2.22. The summed E-state index contributed by atoms with van der Waals surface area (Å²) in [5.74, 6) is 1.26. The highest BCUT2D eigenvalue weighted by Crippen LogP contribution is 2.38. The monoisotopic (exact) mass is 856 g/mol. The van der Waals surface area contributed by atoms with Gasteiger partial charge < -0.3 is 9.64 Å². The molecule has 5 aromatic rings. The average molecular weight is 856 g/mol. The van der Waals surface area contributed by atoms with Crippen molar-refractivity contribution >= 4 is 34.4 Å². The van der Waals surface area contributed by atoms with E-state index in [2.05, 4.69) is 117 Å². The van der Waals surface area contributed by atoms with Crippen molar-refractivity contribution in [3.8, 4) is 11.1 Å². The van der Waals surface area contributed by atoms with Crippen LogP contribution in [0.15, 0.2) is 154 Å².